The maximum Gasteiger partial charge on any atom is 0.337 e. The molecule has 2 fully saturated rings. The Morgan fingerprint density at radius 3 is 2.92 bits per heavy atom. The van der Waals surface area contributed by atoms with Crippen molar-refractivity contribution >= 4 is 39.9 Å². The third-order valence-electron chi connectivity index (χ3n) is 4.69. The minimum Gasteiger partial charge on any atom is -0.465 e. The van der Waals surface area contributed by atoms with Crippen LogP contribution in [-0.4, -0.2) is 45.0 Å². The van der Waals surface area contributed by atoms with Crippen LogP contribution >= 0.6 is 11.8 Å². The number of esters is 1. The molecule has 2 aliphatic rings. The van der Waals surface area contributed by atoms with Crippen LogP contribution in [0.4, 0.5) is 5.95 Å². The predicted octanol–water partition coefficient (Wildman–Crippen LogP) is 3.68. The van der Waals surface area contributed by atoms with Crippen molar-refractivity contribution in [1.82, 2.24) is 14.9 Å². The van der Waals surface area contributed by atoms with Crippen LogP contribution in [0, 0.1) is 0 Å². The van der Waals surface area contributed by atoms with E-state index in [1.807, 2.05) is 6.07 Å². The fraction of sp³-hybridized carbons (Fsp3) is 0.471. The molecule has 24 heavy (non-hydrogen) atoms. The summed E-state index contributed by atoms with van der Waals surface area (Å²) < 4.78 is 4.75. The second-order valence-electron chi connectivity index (χ2n) is 6.21. The summed E-state index contributed by atoms with van der Waals surface area (Å²) in [4.78, 5) is 26.4. The average molecular weight is 344 g/mol. The van der Waals surface area contributed by atoms with Crippen molar-refractivity contribution in [1.29, 1.82) is 0 Å². The monoisotopic (exact) mass is 344 g/mol. The van der Waals surface area contributed by atoms with Gasteiger partial charge in [0.25, 0.3) is 0 Å². The van der Waals surface area contributed by atoms with Crippen molar-refractivity contribution in [3.63, 3.8) is 0 Å². The van der Waals surface area contributed by atoms with Gasteiger partial charge in [-0.15, -0.1) is 0 Å². The van der Waals surface area contributed by atoms with Crippen LogP contribution in [0.3, 0.4) is 0 Å². The molecule has 6 nitrogen and oxygen atoms in total. The number of aromatic nitrogens is 2. The van der Waals surface area contributed by atoms with Crippen LogP contribution in [-0.2, 0) is 4.74 Å². The molecule has 1 aromatic heterocycles. The van der Waals surface area contributed by atoms with E-state index < -0.39 is 0 Å². The molecule has 4 rings (SSSR count). The molecule has 1 saturated heterocycles. The number of carbonyl (C=O) groups is 1. The lowest BCUT2D eigenvalue weighted by Crippen LogP contribution is -2.46. The van der Waals surface area contributed by atoms with E-state index in [1.165, 1.54) is 39.2 Å². The number of aliphatic imine (C=N–C) groups is 1. The lowest BCUT2D eigenvalue weighted by Gasteiger charge is -2.41. The molecular weight excluding hydrogens is 324 g/mol. The number of rotatable bonds is 3. The lowest BCUT2D eigenvalue weighted by molar-refractivity contribution is 0.0601. The van der Waals surface area contributed by atoms with E-state index in [0.717, 1.165) is 22.1 Å². The zero-order valence-electron chi connectivity index (χ0n) is 13.6. The summed E-state index contributed by atoms with van der Waals surface area (Å²) >= 11 is 1.77. The minimum atomic E-state index is -0.350. The zero-order valence-corrected chi connectivity index (χ0v) is 14.4. The Hall–Kier alpha value is -2.02. The minimum absolute atomic E-state index is 0.350. The van der Waals surface area contributed by atoms with E-state index in [9.17, 15) is 4.79 Å². The van der Waals surface area contributed by atoms with Crippen LogP contribution < -0.4 is 0 Å². The Bertz CT molecular complexity index is 795. The van der Waals surface area contributed by atoms with Crippen molar-refractivity contribution in [3.8, 4) is 0 Å². The second-order valence-corrected chi connectivity index (χ2v) is 7.13. The van der Waals surface area contributed by atoms with Gasteiger partial charge in [0, 0.05) is 6.04 Å². The van der Waals surface area contributed by atoms with E-state index in [4.69, 9.17) is 4.74 Å². The molecule has 0 amide bonds. The first-order chi connectivity index (χ1) is 11.7. The van der Waals surface area contributed by atoms with Crippen molar-refractivity contribution in [3.05, 3.63) is 23.8 Å². The second kappa shape index (κ2) is 6.47. The quantitative estimate of drug-likeness (QED) is 0.860. The molecule has 0 radical (unpaired) electrons. The maximum atomic E-state index is 11.6. The van der Waals surface area contributed by atoms with E-state index in [0.29, 0.717) is 17.6 Å². The number of fused-ring (bicyclic) bond motifs is 1. The summed E-state index contributed by atoms with van der Waals surface area (Å²) in [7, 11) is 1.38. The zero-order chi connectivity index (χ0) is 16.5. The molecule has 1 saturated carbocycles. The first-order valence-electron chi connectivity index (χ1n) is 8.31. The summed E-state index contributed by atoms with van der Waals surface area (Å²) in [6.07, 6.45) is 6.53. The number of ether oxygens (including phenoxy) is 1. The number of methoxy groups -OCH3 is 1. The third-order valence-corrected chi connectivity index (χ3v) is 5.68. The summed E-state index contributed by atoms with van der Waals surface area (Å²) in [6, 6.07) is 5.92. The number of hydrogen-bond donors (Lipinski definition) is 1. The molecule has 126 valence electrons. The first-order valence-corrected chi connectivity index (χ1v) is 9.29. The smallest absolute Gasteiger partial charge is 0.337 e. The number of imidazole rings is 1. The summed E-state index contributed by atoms with van der Waals surface area (Å²) in [6.45, 7) is 0. The number of H-pyrrole nitrogens is 1. The van der Waals surface area contributed by atoms with E-state index in [2.05, 4.69) is 19.9 Å². The summed E-state index contributed by atoms with van der Waals surface area (Å²) in [5, 5.41) is 1.05. The highest BCUT2D eigenvalue weighted by Crippen LogP contribution is 2.34. The maximum absolute atomic E-state index is 11.6. The standard InChI is InChI=1S/C17H20N4O2S/c1-23-15(22)11-7-8-13-14(9-11)19-16(18-13)20-17-21(10-24-17)12-5-3-2-4-6-12/h7-9,12H,2-6,10H2,1H3,(H,18,19)/b20-17-. The molecule has 1 aromatic carbocycles. The SMILES string of the molecule is COC(=O)c1ccc2nc(/N=C3\SCN3C3CCCCC3)[nH]c2c1. The van der Waals surface area contributed by atoms with Crippen molar-refractivity contribution in [2.75, 3.05) is 13.0 Å². The van der Waals surface area contributed by atoms with Crippen molar-refractivity contribution < 1.29 is 9.53 Å². The highest BCUT2D eigenvalue weighted by Gasteiger charge is 2.31. The Morgan fingerprint density at radius 1 is 1.38 bits per heavy atom. The van der Waals surface area contributed by atoms with Crippen LogP contribution in [0.1, 0.15) is 42.5 Å². The number of nitrogens with one attached hydrogen (secondary N) is 1. The number of amidine groups is 1. The Morgan fingerprint density at radius 2 is 2.21 bits per heavy atom. The molecule has 2 aromatic rings. The van der Waals surface area contributed by atoms with Crippen LogP contribution in [0.2, 0.25) is 0 Å². The van der Waals surface area contributed by atoms with Gasteiger partial charge in [0.1, 0.15) is 0 Å². The number of nitrogens with zero attached hydrogens (tertiary/aromatic N) is 3. The molecule has 0 bridgehead atoms. The van der Waals surface area contributed by atoms with Gasteiger partial charge in [0.15, 0.2) is 5.17 Å². The molecular formula is C17H20N4O2S. The van der Waals surface area contributed by atoms with Gasteiger partial charge in [0.2, 0.25) is 5.95 Å². The molecule has 0 unspecified atom stereocenters. The fourth-order valence-electron chi connectivity index (χ4n) is 3.33. The van der Waals surface area contributed by atoms with Crippen molar-refractivity contribution in [2.24, 2.45) is 4.99 Å². The van der Waals surface area contributed by atoms with Gasteiger partial charge in [-0.25, -0.2) is 9.78 Å². The van der Waals surface area contributed by atoms with E-state index >= 15 is 0 Å². The normalized spacial score (nSPS) is 20.4. The average Bonchev–Trinajstić information content (AvgIpc) is 3.00. The third kappa shape index (κ3) is 2.88. The fourth-order valence-corrected chi connectivity index (χ4v) is 4.24. The molecule has 1 aliphatic carbocycles. The van der Waals surface area contributed by atoms with Crippen molar-refractivity contribution in [2.45, 2.75) is 38.1 Å². The lowest BCUT2D eigenvalue weighted by atomic mass is 9.95. The van der Waals surface area contributed by atoms with Gasteiger partial charge in [-0.1, -0.05) is 31.0 Å². The van der Waals surface area contributed by atoms with Gasteiger partial charge >= 0.3 is 5.97 Å². The highest BCUT2D eigenvalue weighted by atomic mass is 32.2. The topological polar surface area (TPSA) is 70.6 Å². The summed E-state index contributed by atoms with van der Waals surface area (Å²) in [5.41, 5.74) is 2.11. The molecule has 1 aliphatic heterocycles. The molecule has 1 N–H and O–H groups in total. The van der Waals surface area contributed by atoms with Crippen LogP contribution in [0.15, 0.2) is 23.2 Å². The van der Waals surface area contributed by atoms with E-state index in [1.54, 1.807) is 23.9 Å². The summed E-state index contributed by atoms with van der Waals surface area (Å²) in [5.74, 6) is 1.27. The van der Waals surface area contributed by atoms with E-state index in [-0.39, 0.29) is 5.97 Å². The van der Waals surface area contributed by atoms with Crippen LogP contribution in [0.25, 0.3) is 11.0 Å². The number of carbonyl (C=O) groups excluding carboxylic acids is 1. The Balaban J connectivity index is 1.56. The number of thioether (sulfide) groups is 1. The molecule has 0 atom stereocenters. The number of benzene rings is 1. The predicted molar refractivity (Wildman–Crippen MR) is 95.7 cm³/mol. The Labute approximate surface area is 144 Å². The highest BCUT2D eigenvalue weighted by molar-refractivity contribution is 8.15. The van der Waals surface area contributed by atoms with Gasteiger partial charge in [0.05, 0.1) is 29.6 Å². The molecule has 2 heterocycles. The number of aromatic amines is 1. The van der Waals surface area contributed by atoms with Gasteiger partial charge < -0.3 is 14.6 Å². The molecule has 0 spiro atoms. The van der Waals surface area contributed by atoms with Gasteiger partial charge in [-0.3, -0.25) is 0 Å². The van der Waals surface area contributed by atoms with Gasteiger partial charge in [-0.05, 0) is 31.0 Å². The number of hydrogen-bond acceptors (Lipinski definition) is 5. The Kier molecular flexibility index (Phi) is 4.18. The first kappa shape index (κ1) is 15.5. The molecule has 7 heteroatoms. The van der Waals surface area contributed by atoms with Gasteiger partial charge in [-0.2, -0.15) is 4.99 Å². The van der Waals surface area contributed by atoms with Crippen LogP contribution in [0.5, 0.6) is 0 Å². The largest absolute Gasteiger partial charge is 0.465 e.